The second-order valence-electron chi connectivity index (χ2n) is 3.17. The molecule has 0 aromatic rings. The summed E-state index contributed by atoms with van der Waals surface area (Å²) in [6, 6.07) is 0. The van der Waals surface area contributed by atoms with Crippen molar-refractivity contribution in [3.63, 3.8) is 0 Å². The Morgan fingerprint density at radius 3 is 2.12 bits per heavy atom. The third-order valence-electron chi connectivity index (χ3n) is 2.03. The Bertz CT molecular complexity index is 101. The highest BCUT2D eigenvalue weighted by Gasteiger charge is 2.47. The summed E-state index contributed by atoms with van der Waals surface area (Å²) in [5.41, 5.74) is 0.620. The third kappa shape index (κ3) is 0.446. The van der Waals surface area contributed by atoms with Gasteiger partial charge in [-0.25, -0.2) is 0 Å². The minimum Gasteiger partial charge on any atom is -0.380 e. The van der Waals surface area contributed by atoms with E-state index < -0.39 is 0 Å². The molecule has 2 rings (SSSR count). The largest absolute Gasteiger partial charge is 0.380 e. The van der Waals surface area contributed by atoms with E-state index >= 15 is 0 Å². The van der Waals surface area contributed by atoms with E-state index in [4.69, 9.17) is 4.74 Å². The van der Waals surface area contributed by atoms with Gasteiger partial charge < -0.3 is 9.64 Å². The predicted molar refractivity (Wildman–Crippen MR) is 30.7 cm³/mol. The smallest absolute Gasteiger partial charge is 0.0569 e. The van der Waals surface area contributed by atoms with Gasteiger partial charge in [-0.05, 0) is 7.05 Å². The Labute approximate surface area is 49.4 Å². The molecule has 0 bridgehead atoms. The first-order valence-electron chi connectivity index (χ1n) is 3.07. The molecule has 0 radical (unpaired) electrons. The Hall–Kier alpha value is -0.0800. The molecule has 0 aromatic heterocycles. The molecule has 2 aliphatic heterocycles. The number of hydrogen-bond donors (Lipinski definition) is 0. The van der Waals surface area contributed by atoms with E-state index in [0.717, 1.165) is 13.2 Å². The maximum absolute atomic E-state index is 5.10. The van der Waals surface area contributed by atoms with Crippen LogP contribution >= 0.6 is 0 Å². The molecule has 0 saturated carbocycles. The average Bonchev–Trinajstić information content (AvgIpc) is 1.51. The normalized spacial score (nSPS) is 34.1. The van der Waals surface area contributed by atoms with Crippen molar-refractivity contribution < 1.29 is 4.74 Å². The minimum atomic E-state index is 0.620. The van der Waals surface area contributed by atoms with Crippen LogP contribution < -0.4 is 0 Å². The second-order valence-corrected chi connectivity index (χ2v) is 3.17. The molecule has 0 aliphatic carbocycles. The molecule has 0 atom stereocenters. The van der Waals surface area contributed by atoms with E-state index in [1.165, 1.54) is 13.1 Å². The Kier molecular flexibility index (Phi) is 0.746. The lowest BCUT2D eigenvalue weighted by Gasteiger charge is -2.53. The van der Waals surface area contributed by atoms with Crippen LogP contribution in [0, 0.1) is 5.41 Å². The highest BCUT2D eigenvalue weighted by Crippen LogP contribution is 2.35. The summed E-state index contributed by atoms with van der Waals surface area (Å²) in [7, 11) is 2.16. The van der Waals surface area contributed by atoms with E-state index in [2.05, 4.69) is 11.9 Å². The van der Waals surface area contributed by atoms with Gasteiger partial charge in [0.05, 0.1) is 13.2 Å². The van der Waals surface area contributed by atoms with Crippen LogP contribution in [0.1, 0.15) is 0 Å². The van der Waals surface area contributed by atoms with Crippen molar-refractivity contribution in [2.24, 2.45) is 5.41 Å². The lowest BCUT2D eigenvalue weighted by molar-refractivity contribution is -0.182. The van der Waals surface area contributed by atoms with E-state index in [9.17, 15) is 0 Å². The van der Waals surface area contributed by atoms with Gasteiger partial charge in [0.2, 0.25) is 0 Å². The Morgan fingerprint density at radius 1 is 1.38 bits per heavy atom. The lowest BCUT2D eigenvalue weighted by atomic mass is 9.79. The summed E-state index contributed by atoms with van der Waals surface area (Å²) in [6.45, 7) is 4.54. The van der Waals surface area contributed by atoms with Crippen molar-refractivity contribution in [1.29, 1.82) is 0 Å². The predicted octanol–water partition coefficient (Wildman–Crippen LogP) is -0.0516. The molecule has 1 spiro atoms. The van der Waals surface area contributed by atoms with Crippen molar-refractivity contribution in [3.05, 3.63) is 0 Å². The van der Waals surface area contributed by atoms with Crippen molar-refractivity contribution >= 4 is 0 Å². The Balaban J connectivity index is 1.92. The standard InChI is InChI=1S/C6H11NO/c1-7-2-6(3-7)4-8-5-6/h2-5H2,1H3. The molecule has 2 fully saturated rings. The molecule has 46 valence electrons. The summed E-state index contributed by atoms with van der Waals surface area (Å²) >= 11 is 0. The molecule has 0 unspecified atom stereocenters. The van der Waals surface area contributed by atoms with Crippen LogP contribution in [-0.4, -0.2) is 38.3 Å². The highest BCUT2D eigenvalue weighted by molar-refractivity contribution is 4.97. The first-order chi connectivity index (χ1) is 3.81. The van der Waals surface area contributed by atoms with Gasteiger partial charge in [0.1, 0.15) is 0 Å². The van der Waals surface area contributed by atoms with Crippen LogP contribution in [0.2, 0.25) is 0 Å². The van der Waals surface area contributed by atoms with Crippen LogP contribution in [-0.2, 0) is 4.74 Å². The molecular weight excluding hydrogens is 102 g/mol. The fourth-order valence-corrected chi connectivity index (χ4v) is 1.67. The molecule has 2 heteroatoms. The topological polar surface area (TPSA) is 12.5 Å². The maximum atomic E-state index is 5.10. The molecule has 0 aromatic carbocycles. The van der Waals surface area contributed by atoms with E-state index in [-0.39, 0.29) is 0 Å². The molecular formula is C6H11NO. The third-order valence-corrected chi connectivity index (χ3v) is 2.03. The van der Waals surface area contributed by atoms with Crippen molar-refractivity contribution in [2.45, 2.75) is 0 Å². The van der Waals surface area contributed by atoms with Gasteiger partial charge in [-0.1, -0.05) is 0 Å². The Morgan fingerprint density at radius 2 is 2.00 bits per heavy atom. The second kappa shape index (κ2) is 1.25. The quantitative estimate of drug-likeness (QED) is 0.436. The summed E-state index contributed by atoms with van der Waals surface area (Å²) in [5.74, 6) is 0. The van der Waals surface area contributed by atoms with E-state index in [1.807, 2.05) is 0 Å². The number of nitrogens with zero attached hydrogens (tertiary/aromatic N) is 1. The fraction of sp³-hybridized carbons (Fsp3) is 1.00. The van der Waals surface area contributed by atoms with Gasteiger partial charge >= 0.3 is 0 Å². The van der Waals surface area contributed by atoms with Gasteiger partial charge in [0, 0.05) is 18.5 Å². The molecule has 0 N–H and O–H groups in total. The van der Waals surface area contributed by atoms with Gasteiger partial charge in [-0.2, -0.15) is 0 Å². The molecule has 2 saturated heterocycles. The molecule has 2 heterocycles. The van der Waals surface area contributed by atoms with E-state index in [1.54, 1.807) is 0 Å². The minimum absolute atomic E-state index is 0.620. The monoisotopic (exact) mass is 113 g/mol. The number of ether oxygens (including phenoxy) is 1. The van der Waals surface area contributed by atoms with Gasteiger partial charge in [0.25, 0.3) is 0 Å². The summed E-state index contributed by atoms with van der Waals surface area (Å²) in [6.07, 6.45) is 0. The number of hydrogen-bond acceptors (Lipinski definition) is 2. The zero-order valence-corrected chi connectivity index (χ0v) is 5.18. The molecule has 2 nitrogen and oxygen atoms in total. The van der Waals surface area contributed by atoms with Crippen molar-refractivity contribution in [1.82, 2.24) is 4.90 Å². The summed E-state index contributed by atoms with van der Waals surface area (Å²) in [4.78, 5) is 2.34. The average molecular weight is 113 g/mol. The maximum Gasteiger partial charge on any atom is 0.0569 e. The molecule has 8 heavy (non-hydrogen) atoms. The van der Waals surface area contributed by atoms with Crippen LogP contribution in [0.5, 0.6) is 0 Å². The van der Waals surface area contributed by atoms with Gasteiger partial charge in [-0.15, -0.1) is 0 Å². The van der Waals surface area contributed by atoms with Crippen LogP contribution in [0.3, 0.4) is 0 Å². The zero-order chi connectivity index (χ0) is 5.61. The number of rotatable bonds is 0. The number of likely N-dealkylation sites (tertiary alicyclic amines) is 1. The molecule has 0 amide bonds. The highest BCUT2D eigenvalue weighted by atomic mass is 16.5. The van der Waals surface area contributed by atoms with Crippen LogP contribution in [0.4, 0.5) is 0 Å². The van der Waals surface area contributed by atoms with Crippen molar-refractivity contribution in [3.8, 4) is 0 Å². The van der Waals surface area contributed by atoms with E-state index in [0.29, 0.717) is 5.41 Å². The first-order valence-corrected chi connectivity index (χ1v) is 3.07. The first kappa shape index (κ1) is 4.77. The summed E-state index contributed by atoms with van der Waals surface area (Å²) in [5, 5.41) is 0. The summed E-state index contributed by atoms with van der Waals surface area (Å²) < 4.78 is 5.10. The van der Waals surface area contributed by atoms with Crippen LogP contribution in [0.15, 0.2) is 0 Å². The van der Waals surface area contributed by atoms with Gasteiger partial charge in [-0.3, -0.25) is 0 Å². The lowest BCUT2D eigenvalue weighted by Crippen LogP contribution is -2.64. The van der Waals surface area contributed by atoms with Gasteiger partial charge in [0.15, 0.2) is 0 Å². The zero-order valence-electron chi connectivity index (χ0n) is 5.18. The fourth-order valence-electron chi connectivity index (χ4n) is 1.67. The van der Waals surface area contributed by atoms with Crippen molar-refractivity contribution in [2.75, 3.05) is 33.4 Å². The molecule has 2 aliphatic rings. The SMILES string of the molecule is CN1CC2(COC2)C1. The van der Waals surface area contributed by atoms with Crippen LogP contribution in [0.25, 0.3) is 0 Å².